The van der Waals surface area contributed by atoms with Gasteiger partial charge in [0.25, 0.3) is 0 Å². The largest absolute Gasteiger partial charge is 0.383 e. The van der Waals surface area contributed by atoms with Gasteiger partial charge in [-0.2, -0.15) is 5.26 Å². The van der Waals surface area contributed by atoms with Crippen LogP contribution in [0.5, 0.6) is 0 Å². The van der Waals surface area contributed by atoms with Gasteiger partial charge in [0.2, 0.25) is 0 Å². The van der Waals surface area contributed by atoms with Gasteiger partial charge in [0.05, 0.1) is 11.1 Å². The molecular weight excluding hydrogens is 162 g/mol. The topological polar surface area (TPSA) is 62.7 Å². The van der Waals surface area contributed by atoms with Crippen molar-refractivity contribution in [1.82, 2.24) is 4.98 Å². The fourth-order valence-corrected chi connectivity index (χ4v) is 1.22. The summed E-state index contributed by atoms with van der Waals surface area (Å²) in [6.07, 6.45) is 0. The lowest BCUT2D eigenvalue weighted by atomic mass is 10.1. The fraction of sp³-hybridized carbons (Fsp3) is 0. The second kappa shape index (κ2) is 2.76. The number of fused-ring (bicyclic) bond motifs is 1. The molecule has 0 saturated carbocycles. The molecule has 3 heteroatoms. The van der Waals surface area contributed by atoms with E-state index < -0.39 is 0 Å². The fourth-order valence-electron chi connectivity index (χ4n) is 1.22. The Kier molecular flexibility index (Phi) is 1.60. The molecule has 0 atom stereocenters. The first-order valence-electron chi connectivity index (χ1n) is 3.86. The van der Waals surface area contributed by atoms with Crippen LogP contribution in [-0.4, -0.2) is 4.98 Å². The van der Waals surface area contributed by atoms with E-state index >= 15 is 0 Å². The molecule has 1 heterocycles. The number of aromatic nitrogens is 1. The zero-order valence-electron chi connectivity index (χ0n) is 6.86. The summed E-state index contributed by atoms with van der Waals surface area (Å²) in [6, 6.07) is 11.3. The molecule has 0 aliphatic carbocycles. The summed E-state index contributed by atoms with van der Waals surface area (Å²) in [5.74, 6) is 0.293. The quantitative estimate of drug-likeness (QED) is 0.652. The lowest BCUT2D eigenvalue weighted by Crippen LogP contribution is -1.94. The lowest BCUT2D eigenvalue weighted by Gasteiger charge is -1.99. The Labute approximate surface area is 75.4 Å². The highest BCUT2D eigenvalue weighted by molar-refractivity contribution is 5.82. The van der Waals surface area contributed by atoms with E-state index in [-0.39, 0.29) is 0 Å². The number of para-hydroxylation sites is 1. The molecule has 2 aromatic rings. The molecule has 1 aromatic carbocycles. The molecule has 0 spiro atoms. The Hall–Kier alpha value is -2.08. The molecule has 0 aliphatic heterocycles. The molecule has 62 valence electrons. The molecule has 0 saturated heterocycles. The number of benzene rings is 1. The average molecular weight is 169 g/mol. The van der Waals surface area contributed by atoms with Crippen molar-refractivity contribution in [2.75, 3.05) is 5.73 Å². The van der Waals surface area contributed by atoms with Crippen molar-refractivity contribution in [2.45, 2.75) is 0 Å². The zero-order valence-corrected chi connectivity index (χ0v) is 6.86. The van der Waals surface area contributed by atoms with E-state index in [2.05, 4.69) is 4.98 Å². The third-order valence-electron chi connectivity index (χ3n) is 1.87. The van der Waals surface area contributed by atoms with Crippen LogP contribution in [0, 0.1) is 11.3 Å². The van der Waals surface area contributed by atoms with Crippen LogP contribution in [0.1, 0.15) is 5.56 Å². The number of nitrogens with zero attached hydrogens (tertiary/aromatic N) is 2. The number of hydrogen-bond acceptors (Lipinski definition) is 3. The molecule has 2 rings (SSSR count). The van der Waals surface area contributed by atoms with E-state index in [4.69, 9.17) is 11.0 Å². The summed E-state index contributed by atoms with van der Waals surface area (Å²) in [5, 5.41) is 9.65. The molecule has 1 aromatic heterocycles. The number of pyridine rings is 1. The van der Waals surface area contributed by atoms with Gasteiger partial charge >= 0.3 is 0 Å². The third kappa shape index (κ3) is 1.18. The van der Waals surface area contributed by atoms with Crippen molar-refractivity contribution >= 4 is 16.7 Å². The van der Waals surface area contributed by atoms with Crippen LogP contribution in [0.4, 0.5) is 5.82 Å². The number of hydrogen-bond donors (Lipinski definition) is 1. The molecule has 2 N–H and O–H groups in total. The van der Waals surface area contributed by atoms with Crippen molar-refractivity contribution in [3.8, 4) is 6.07 Å². The molecule has 0 radical (unpaired) electrons. The van der Waals surface area contributed by atoms with E-state index in [0.29, 0.717) is 11.4 Å². The number of nitriles is 1. The highest BCUT2D eigenvalue weighted by Crippen LogP contribution is 2.16. The average Bonchev–Trinajstić information content (AvgIpc) is 2.17. The Bertz CT molecular complexity index is 497. The van der Waals surface area contributed by atoms with Crippen LogP contribution in [0.25, 0.3) is 10.9 Å². The first kappa shape index (κ1) is 7.56. The first-order chi connectivity index (χ1) is 6.31. The monoisotopic (exact) mass is 169 g/mol. The van der Waals surface area contributed by atoms with Gasteiger partial charge in [-0.25, -0.2) is 4.98 Å². The standard InChI is InChI=1S/C10H7N3/c11-6-8-5-7-3-1-2-4-9(7)13-10(8)12/h1-5H,(H2,12,13). The maximum Gasteiger partial charge on any atom is 0.142 e. The molecule has 0 amide bonds. The van der Waals surface area contributed by atoms with Crippen LogP contribution in [0.2, 0.25) is 0 Å². The van der Waals surface area contributed by atoms with E-state index in [1.807, 2.05) is 30.3 Å². The summed E-state index contributed by atoms with van der Waals surface area (Å²) >= 11 is 0. The molecule has 0 fully saturated rings. The van der Waals surface area contributed by atoms with E-state index in [1.165, 1.54) is 0 Å². The maximum atomic E-state index is 8.71. The van der Waals surface area contributed by atoms with Crippen molar-refractivity contribution in [2.24, 2.45) is 0 Å². The highest BCUT2D eigenvalue weighted by Gasteiger charge is 2.01. The second-order valence-corrected chi connectivity index (χ2v) is 2.73. The number of nitrogens with two attached hydrogens (primary N) is 1. The smallest absolute Gasteiger partial charge is 0.142 e. The van der Waals surface area contributed by atoms with E-state index in [1.54, 1.807) is 6.07 Å². The van der Waals surface area contributed by atoms with Gasteiger partial charge in [-0.05, 0) is 12.1 Å². The second-order valence-electron chi connectivity index (χ2n) is 2.73. The number of anilines is 1. The minimum atomic E-state index is 0.293. The Morgan fingerprint density at radius 3 is 2.85 bits per heavy atom. The summed E-state index contributed by atoms with van der Waals surface area (Å²) in [7, 11) is 0. The SMILES string of the molecule is N#Cc1cc2ccccc2nc1N. The summed E-state index contributed by atoms with van der Waals surface area (Å²) in [4.78, 5) is 4.10. The minimum Gasteiger partial charge on any atom is -0.383 e. The van der Waals surface area contributed by atoms with Gasteiger partial charge in [0.15, 0.2) is 0 Å². The molecule has 0 aliphatic rings. The highest BCUT2D eigenvalue weighted by atomic mass is 14.8. The Morgan fingerprint density at radius 1 is 1.31 bits per heavy atom. The van der Waals surface area contributed by atoms with Gasteiger partial charge < -0.3 is 5.73 Å². The summed E-state index contributed by atoms with van der Waals surface area (Å²) in [6.45, 7) is 0. The first-order valence-corrected chi connectivity index (χ1v) is 3.86. The molecule has 13 heavy (non-hydrogen) atoms. The van der Waals surface area contributed by atoms with Crippen LogP contribution >= 0.6 is 0 Å². The summed E-state index contributed by atoms with van der Waals surface area (Å²) < 4.78 is 0. The van der Waals surface area contributed by atoms with Gasteiger partial charge in [-0.1, -0.05) is 18.2 Å². The van der Waals surface area contributed by atoms with Crippen LogP contribution in [0.15, 0.2) is 30.3 Å². The van der Waals surface area contributed by atoms with Crippen molar-refractivity contribution in [1.29, 1.82) is 5.26 Å². The van der Waals surface area contributed by atoms with Crippen molar-refractivity contribution in [3.63, 3.8) is 0 Å². The molecule has 0 unspecified atom stereocenters. The van der Waals surface area contributed by atoms with Gasteiger partial charge in [0.1, 0.15) is 11.9 Å². The van der Waals surface area contributed by atoms with Crippen molar-refractivity contribution in [3.05, 3.63) is 35.9 Å². The third-order valence-corrected chi connectivity index (χ3v) is 1.87. The minimum absolute atomic E-state index is 0.293. The van der Waals surface area contributed by atoms with Crippen LogP contribution in [0.3, 0.4) is 0 Å². The zero-order chi connectivity index (χ0) is 9.26. The van der Waals surface area contributed by atoms with Crippen molar-refractivity contribution < 1.29 is 0 Å². The molecular formula is C10H7N3. The lowest BCUT2D eigenvalue weighted by molar-refractivity contribution is 1.38. The normalized spacial score (nSPS) is 9.77. The maximum absolute atomic E-state index is 8.71. The summed E-state index contributed by atoms with van der Waals surface area (Å²) in [5.41, 5.74) is 6.81. The Balaban J connectivity index is 2.83. The number of nitrogen functional groups attached to an aromatic ring is 1. The number of rotatable bonds is 0. The van der Waals surface area contributed by atoms with Crippen LogP contribution < -0.4 is 5.73 Å². The van der Waals surface area contributed by atoms with Gasteiger partial charge in [-0.15, -0.1) is 0 Å². The van der Waals surface area contributed by atoms with E-state index in [9.17, 15) is 0 Å². The molecule has 0 bridgehead atoms. The predicted molar refractivity (Wildman–Crippen MR) is 50.9 cm³/mol. The molecule has 3 nitrogen and oxygen atoms in total. The van der Waals surface area contributed by atoms with E-state index in [0.717, 1.165) is 10.9 Å². The van der Waals surface area contributed by atoms with Crippen LogP contribution in [-0.2, 0) is 0 Å². The predicted octanol–water partition coefficient (Wildman–Crippen LogP) is 1.69. The van der Waals surface area contributed by atoms with Gasteiger partial charge in [0, 0.05) is 5.39 Å². The Morgan fingerprint density at radius 2 is 2.08 bits per heavy atom. The van der Waals surface area contributed by atoms with Gasteiger partial charge in [-0.3, -0.25) is 0 Å².